The number of hydrogen-bond donors (Lipinski definition) is 0. The van der Waals surface area contributed by atoms with E-state index in [1.165, 1.54) is 87.5 Å². The molecule has 0 fully saturated rings. The van der Waals surface area contributed by atoms with Crippen LogP contribution < -0.4 is 25.5 Å². The summed E-state index contributed by atoms with van der Waals surface area (Å²) in [4.78, 5) is 5.20. The largest absolute Gasteiger partial charge is 0.310 e. The monoisotopic (exact) mass is 842 g/mol. The summed E-state index contributed by atoms with van der Waals surface area (Å²) in [7, 11) is 0. The van der Waals surface area contributed by atoms with Gasteiger partial charge in [-0.2, -0.15) is 0 Å². The van der Waals surface area contributed by atoms with Crippen molar-refractivity contribution in [3.63, 3.8) is 0 Å². The molecule has 0 spiro atoms. The lowest BCUT2D eigenvalue weighted by molar-refractivity contribution is 0.402. The van der Waals surface area contributed by atoms with Gasteiger partial charge in [0.15, 0.2) is 0 Å². The molecule has 0 unspecified atom stereocenters. The molecule has 4 aliphatic rings. The predicted molar refractivity (Wildman–Crippen MR) is 274 cm³/mol. The first kappa shape index (κ1) is 40.7. The van der Waals surface area contributed by atoms with E-state index in [-0.39, 0.29) is 39.2 Å². The molecule has 0 saturated heterocycles. The first-order chi connectivity index (χ1) is 29.6. The zero-order valence-corrected chi connectivity index (χ0v) is 40.7. The molecule has 0 radical (unpaired) electrons. The summed E-state index contributed by atoms with van der Waals surface area (Å²) in [6.07, 6.45) is 2.29. The topological polar surface area (TPSA) is 6.48 Å². The molecule has 0 amide bonds. The number of anilines is 6. The smallest absolute Gasteiger partial charge is 0.260 e. The van der Waals surface area contributed by atoms with Crippen LogP contribution in [-0.4, -0.2) is 6.71 Å². The molecule has 63 heavy (non-hydrogen) atoms. The van der Waals surface area contributed by atoms with Gasteiger partial charge in [0.1, 0.15) is 0 Å². The molecule has 3 heterocycles. The van der Waals surface area contributed by atoms with E-state index >= 15 is 0 Å². The van der Waals surface area contributed by atoms with E-state index < -0.39 is 0 Å². The summed E-state index contributed by atoms with van der Waals surface area (Å²) in [6.45, 7) is 31.9. The summed E-state index contributed by atoms with van der Waals surface area (Å²) in [5.41, 5.74) is 20.8. The van der Waals surface area contributed by atoms with E-state index in [1.807, 2.05) is 11.3 Å². The molecular weight excluding hydrogens is 780 g/mol. The molecule has 2 aliphatic heterocycles. The van der Waals surface area contributed by atoms with Gasteiger partial charge >= 0.3 is 0 Å². The number of fused-ring (bicyclic) bond motifs is 8. The van der Waals surface area contributed by atoms with Crippen LogP contribution in [0.4, 0.5) is 34.1 Å². The molecule has 2 nitrogen and oxygen atoms in total. The zero-order chi connectivity index (χ0) is 44.4. The number of benzene rings is 6. The van der Waals surface area contributed by atoms with Gasteiger partial charge < -0.3 is 9.80 Å². The predicted octanol–water partition coefficient (Wildman–Crippen LogP) is 14.5. The van der Waals surface area contributed by atoms with E-state index in [0.29, 0.717) is 0 Å². The Bertz CT molecular complexity index is 2990. The second kappa shape index (κ2) is 13.0. The maximum atomic E-state index is 2.72. The average molecular weight is 843 g/mol. The highest BCUT2D eigenvalue weighted by atomic mass is 32.1. The molecule has 4 heteroatoms. The quantitative estimate of drug-likeness (QED) is 0.163. The normalized spacial score (nSPS) is 19.0. The lowest BCUT2D eigenvalue weighted by atomic mass is 9.32. The van der Waals surface area contributed by atoms with Gasteiger partial charge in [-0.25, -0.2) is 0 Å². The molecule has 7 aromatic rings. The van der Waals surface area contributed by atoms with Crippen molar-refractivity contribution in [3.05, 3.63) is 160 Å². The van der Waals surface area contributed by atoms with E-state index in [1.54, 1.807) is 0 Å². The van der Waals surface area contributed by atoms with E-state index in [2.05, 4.69) is 221 Å². The van der Waals surface area contributed by atoms with E-state index in [4.69, 9.17) is 0 Å². The van der Waals surface area contributed by atoms with Crippen molar-refractivity contribution >= 4 is 78.0 Å². The Labute approximate surface area is 381 Å². The van der Waals surface area contributed by atoms with Crippen LogP contribution in [-0.2, 0) is 32.5 Å². The molecule has 0 atom stereocenters. The number of rotatable bonds is 4. The van der Waals surface area contributed by atoms with Crippen molar-refractivity contribution in [1.29, 1.82) is 0 Å². The maximum absolute atomic E-state index is 2.72. The van der Waals surface area contributed by atoms with Gasteiger partial charge in [0, 0.05) is 48.7 Å². The van der Waals surface area contributed by atoms with Gasteiger partial charge in [-0.1, -0.05) is 156 Å². The van der Waals surface area contributed by atoms with Crippen molar-refractivity contribution < 1.29 is 0 Å². The highest BCUT2D eigenvalue weighted by molar-refractivity contribution is 7.33. The van der Waals surface area contributed by atoms with Crippen molar-refractivity contribution in [2.45, 2.75) is 135 Å². The molecule has 1 aromatic heterocycles. The van der Waals surface area contributed by atoms with Crippen LogP contribution in [0.5, 0.6) is 0 Å². The molecule has 0 bridgehead atoms. The Balaban J connectivity index is 1.29. The van der Waals surface area contributed by atoms with Crippen molar-refractivity contribution in [2.24, 2.45) is 0 Å². The molecule has 0 N–H and O–H groups in total. The minimum absolute atomic E-state index is 0.0101. The Morgan fingerprint density at radius 2 is 1.11 bits per heavy atom. The summed E-state index contributed by atoms with van der Waals surface area (Å²) in [5, 5.41) is 1.36. The highest BCUT2D eigenvalue weighted by Crippen LogP contribution is 2.56. The van der Waals surface area contributed by atoms with Crippen LogP contribution in [0.15, 0.2) is 121 Å². The summed E-state index contributed by atoms with van der Waals surface area (Å²) >= 11 is 2.03. The van der Waals surface area contributed by atoms with Gasteiger partial charge in [-0.05, 0) is 145 Å². The van der Waals surface area contributed by atoms with Crippen LogP contribution >= 0.6 is 11.3 Å². The molecular formula is C59H63BN2S. The number of hydrogen-bond acceptors (Lipinski definition) is 3. The third-order valence-electron chi connectivity index (χ3n) is 15.8. The SMILES string of the molecule is CC(C)(C)c1ccc2sc3c(c2c1)N(c1ccc2c(c1)C(C)(C)CC2(C)C)c1cc(N(c2ccccc2)c2ccccc2)cc2c1B3c1cc3c(cc1C2(C)C)C(C)(C)CC3(C)C. The molecule has 11 rings (SSSR count). The van der Waals surface area contributed by atoms with Gasteiger partial charge in [0.2, 0.25) is 0 Å². The number of para-hydroxylation sites is 2. The van der Waals surface area contributed by atoms with Crippen molar-refractivity contribution in [1.82, 2.24) is 0 Å². The zero-order valence-electron chi connectivity index (χ0n) is 39.8. The van der Waals surface area contributed by atoms with Gasteiger partial charge in [0.05, 0.1) is 5.69 Å². The first-order valence-electron chi connectivity index (χ1n) is 23.4. The Hall–Kier alpha value is -5.06. The fourth-order valence-electron chi connectivity index (χ4n) is 13.2. The Morgan fingerprint density at radius 3 is 1.71 bits per heavy atom. The van der Waals surface area contributed by atoms with Crippen LogP contribution in [0, 0.1) is 0 Å². The van der Waals surface area contributed by atoms with Crippen LogP contribution in [0.1, 0.15) is 142 Å². The van der Waals surface area contributed by atoms with Crippen LogP contribution in [0.25, 0.3) is 10.1 Å². The van der Waals surface area contributed by atoms with Crippen molar-refractivity contribution in [3.8, 4) is 0 Å². The summed E-state index contributed by atoms with van der Waals surface area (Å²) in [5.74, 6) is 0. The first-order valence-corrected chi connectivity index (χ1v) is 24.2. The Kier molecular flexibility index (Phi) is 8.42. The van der Waals surface area contributed by atoms with Gasteiger partial charge in [-0.15, -0.1) is 11.3 Å². The fourth-order valence-corrected chi connectivity index (χ4v) is 14.5. The maximum Gasteiger partial charge on any atom is 0.260 e. The van der Waals surface area contributed by atoms with Crippen LogP contribution in [0.2, 0.25) is 0 Å². The standard InChI is InChI=1S/C59H63BN2S/c1-54(2,3)36-24-27-50-41(28-36)52-53(63-50)60-48-33-45-44(57(8,9)35-58(45,10)11)32-46(48)59(12,13)47-30-40(61(37-20-16-14-17-21-37)38-22-18-15-19-23-38)31-49(51(47)60)62(52)39-25-26-42-43(29-39)56(6,7)34-55(42,4)5/h14-33H,34-35H2,1-13H3. The van der Waals surface area contributed by atoms with Gasteiger partial charge in [-0.3, -0.25) is 0 Å². The van der Waals surface area contributed by atoms with Gasteiger partial charge in [0.25, 0.3) is 6.71 Å². The average Bonchev–Trinajstić information content (AvgIpc) is 3.75. The number of nitrogens with zero attached hydrogens (tertiary/aromatic N) is 2. The minimum atomic E-state index is -0.272. The lowest BCUT2D eigenvalue weighted by Crippen LogP contribution is -2.63. The number of thiophene rings is 1. The third kappa shape index (κ3) is 5.88. The Morgan fingerprint density at radius 1 is 0.540 bits per heavy atom. The van der Waals surface area contributed by atoms with E-state index in [9.17, 15) is 0 Å². The molecule has 318 valence electrons. The second-order valence-corrected chi connectivity index (χ2v) is 24.8. The minimum Gasteiger partial charge on any atom is -0.310 e. The fraction of sp³-hybridized carbons (Fsp3) is 0.356. The molecule has 0 saturated carbocycles. The van der Waals surface area contributed by atoms with Crippen LogP contribution in [0.3, 0.4) is 0 Å². The highest BCUT2D eigenvalue weighted by Gasteiger charge is 2.51. The van der Waals surface area contributed by atoms with E-state index in [0.717, 1.165) is 24.2 Å². The molecule has 6 aromatic carbocycles. The summed E-state index contributed by atoms with van der Waals surface area (Å²) in [6, 6.07) is 47.3. The van der Waals surface area contributed by atoms with Crippen molar-refractivity contribution in [2.75, 3.05) is 9.80 Å². The lowest BCUT2D eigenvalue weighted by Gasteiger charge is -2.46. The second-order valence-electron chi connectivity index (χ2n) is 23.7. The molecule has 2 aliphatic carbocycles. The third-order valence-corrected chi connectivity index (χ3v) is 17.0. The summed E-state index contributed by atoms with van der Waals surface area (Å²) < 4.78 is 2.83.